The van der Waals surface area contributed by atoms with Crippen LogP contribution in [0, 0.1) is 0 Å². The maximum absolute atomic E-state index is 12.6. The Morgan fingerprint density at radius 3 is 2.76 bits per heavy atom. The quantitative estimate of drug-likeness (QED) is 0.644. The summed E-state index contributed by atoms with van der Waals surface area (Å²) < 4.78 is 6.34. The van der Waals surface area contributed by atoms with E-state index in [2.05, 4.69) is 38.4 Å². The summed E-state index contributed by atoms with van der Waals surface area (Å²) in [6.45, 7) is 6.80. The summed E-state index contributed by atoms with van der Waals surface area (Å²) in [4.78, 5) is 20.0. The van der Waals surface area contributed by atoms with Crippen LogP contribution in [0.2, 0.25) is 0 Å². The molecule has 0 unspecified atom stereocenters. The number of ether oxygens (including phenoxy) is 1. The second-order valence-corrected chi connectivity index (χ2v) is 9.65. The highest BCUT2D eigenvalue weighted by Crippen LogP contribution is 2.37. The summed E-state index contributed by atoms with van der Waals surface area (Å²) in [6.07, 6.45) is 2.32. The highest BCUT2D eigenvalue weighted by Gasteiger charge is 2.23. The number of nitrogens with one attached hydrogen (secondary N) is 1. The molecule has 1 aromatic carbocycles. The molecule has 0 saturated carbocycles. The zero-order valence-corrected chi connectivity index (χ0v) is 19.8. The van der Waals surface area contributed by atoms with Gasteiger partial charge in [0, 0.05) is 24.7 Å². The van der Waals surface area contributed by atoms with E-state index in [0.29, 0.717) is 0 Å². The van der Waals surface area contributed by atoms with Crippen LogP contribution in [0.25, 0.3) is 11.4 Å². The molecule has 1 aliphatic heterocycles. The summed E-state index contributed by atoms with van der Waals surface area (Å²) in [5, 5.41) is 5.51. The predicted molar refractivity (Wildman–Crippen MR) is 125 cm³/mol. The molecule has 154 valence electrons. The third-order valence-corrected chi connectivity index (χ3v) is 6.47. The van der Waals surface area contributed by atoms with Gasteiger partial charge in [-0.1, -0.05) is 6.07 Å². The summed E-state index contributed by atoms with van der Waals surface area (Å²) in [5.41, 5.74) is 3.70. The number of amides is 1. The van der Waals surface area contributed by atoms with Gasteiger partial charge >= 0.3 is 0 Å². The highest BCUT2D eigenvalue weighted by atomic mass is 79.9. The van der Waals surface area contributed by atoms with Gasteiger partial charge in [0.15, 0.2) is 0 Å². The molecule has 0 aliphatic carbocycles. The first-order valence-corrected chi connectivity index (χ1v) is 11.1. The van der Waals surface area contributed by atoms with E-state index in [1.807, 2.05) is 38.3 Å². The number of carbonyl (C=O) groups is 1. The van der Waals surface area contributed by atoms with Crippen molar-refractivity contribution in [1.82, 2.24) is 10.2 Å². The molecule has 0 atom stereocenters. The molecule has 1 aromatic heterocycles. The van der Waals surface area contributed by atoms with Crippen molar-refractivity contribution in [1.29, 1.82) is 0 Å². The van der Waals surface area contributed by atoms with Crippen molar-refractivity contribution in [3.63, 3.8) is 0 Å². The highest BCUT2D eigenvalue weighted by molar-refractivity contribution is 9.10. The molecule has 1 amide bonds. The predicted octanol–water partition coefficient (Wildman–Crippen LogP) is 4.82. The largest absolute Gasteiger partial charge is 0.496 e. The lowest BCUT2D eigenvalue weighted by Gasteiger charge is -2.30. The molecular formula is C22H26BrN3O2S. The van der Waals surface area contributed by atoms with Crippen LogP contribution in [0.5, 0.6) is 5.75 Å². The third-order valence-electron chi connectivity index (χ3n) is 4.98. The number of nitrogens with zero attached hydrogens (tertiary/aromatic N) is 2. The van der Waals surface area contributed by atoms with Gasteiger partial charge in [0.1, 0.15) is 11.4 Å². The minimum Gasteiger partial charge on any atom is -0.496 e. The monoisotopic (exact) mass is 475 g/mol. The van der Waals surface area contributed by atoms with Crippen molar-refractivity contribution in [3.8, 4) is 5.75 Å². The average Bonchev–Trinajstić information content (AvgIpc) is 3.20. The molecule has 0 bridgehead atoms. The van der Waals surface area contributed by atoms with E-state index in [0.717, 1.165) is 45.0 Å². The summed E-state index contributed by atoms with van der Waals surface area (Å²) in [6, 6.07) is 8.14. The zero-order valence-electron chi connectivity index (χ0n) is 17.4. The number of carbonyl (C=O) groups excluding carboxylic acids is 1. The van der Waals surface area contributed by atoms with Crippen molar-refractivity contribution in [2.45, 2.75) is 32.7 Å². The number of rotatable bonds is 4. The molecule has 1 aliphatic rings. The van der Waals surface area contributed by atoms with E-state index < -0.39 is 0 Å². The molecule has 0 spiro atoms. The summed E-state index contributed by atoms with van der Waals surface area (Å²) in [7, 11) is 3.47. The molecule has 0 fully saturated rings. The first-order valence-electron chi connectivity index (χ1n) is 9.43. The molecule has 2 aromatic rings. The SMILES string of the molecule is COc1cc2c(cc1Br)/C(=C(/N=C/C(=O)N(C)C(C)(C)C)c1cccs1)NCC2. The van der Waals surface area contributed by atoms with Gasteiger partial charge in [0.05, 0.1) is 28.4 Å². The van der Waals surface area contributed by atoms with Gasteiger partial charge < -0.3 is 15.0 Å². The van der Waals surface area contributed by atoms with E-state index in [1.165, 1.54) is 11.8 Å². The Morgan fingerprint density at radius 1 is 1.38 bits per heavy atom. The van der Waals surface area contributed by atoms with Crippen LogP contribution in [-0.4, -0.2) is 43.3 Å². The maximum Gasteiger partial charge on any atom is 0.265 e. The number of aliphatic imine (C=N–C) groups is 1. The Kier molecular flexibility index (Phi) is 6.49. The standard InChI is InChI=1S/C22H26BrN3O2S/c1-22(2,3)26(4)19(27)13-25-21(18-7-6-10-29-18)20-15-12-16(23)17(28-5)11-14(15)8-9-24-20/h6-7,10-13,24H,8-9H2,1-5H3/b21-20-,25-13+. The number of methoxy groups -OCH3 is 1. The van der Waals surface area contributed by atoms with E-state index in [-0.39, 0.29) is 11.4 Å². The smallest absolute Gasteiger partial charge is 0.265 e. The Morgan fingerprint density at radius 2 is 2.14 bits per heavy atom. The lowest BCUT2D eigenvalue weighted by Crippen LogP contribution is -2.43. The van der Waals surface area contributed by atoms with Crippen LogP contribution in [0.3, 0.4) is 0 Å². The molecule has 29 heavy (non-hydrogen) atoms. The van der Waals surface area contributed by atoms with E-state index in [9.17, 15) is 4.79 Å². The topological polar surface area (TPSA) is 53.9 Å². The zero-order chi connectivity index (χ0) is 21.2. The molecule has 1 N–H and O–H groups in total. The molecule has 3 rings (SSSR count). The van der Waals surface area contributed by atoms with E-state index in [4.69, 9.17) is 4.74 Å². The summed E-state index contributed by atoms with van der Waals surface area (Å²) in [5.74, 6) is 0.687. The Bertz CT molecular complexity index is 959. The number of hydrogen-bond donors (Lipinski definition) is 1. The number of hydrogen-bond acceptors (Lipinski definition) is 5. The fourth-order valence-corrected chi connectivity index (χ4v) is 4.25. The number of halogens is 1. The molecule has 5 nitrogen and oxygen atoms in total. The van der Waals surface area contributed by atoms with Crippen LogP contribution in [0.1, 0.15) is 36.8 Å². The summed E-state index contributed by atoms with van der Waals surface area (Å²) >= 11 is 5.20. The van der Waals surface area contributed by atoms with Crippen molar-refractivity contribution in [2.75, 3.05) is 20.7 Å². The second-order valence-electron chi connectivity index (χ2n) is 7.85. The van der Waals surface area contributed by atoms with E-state index >= 15 is 0 Å². The average molecular weight is 476 g/mol. The lowest BCUT2D eigenvalue weighted by molar-refractivity contribution is -0.126. The first-order chi connectivity index (χ1) is 13.7. The van der Waals surface area contributed by atoms with Crippen molar-refractivity contribution < 1.29 is 9.53 Å². The van der Waals surface area contributed by atoms with Crippen molar-refractivity contribution in [3.05, 3.63) is 50.1 Å². The normalized spacial score (nSPS) is 15.7. The van der Waals surface area contributed by atoms with Crippen LogP contribution >= 0.6 is 27.3 Å². The molecule has 2 heterocycles. The van der Waals surface area contributed by atoms with Gasteiger partial charge in [-0.15, -0.1) is 11.3 Å². The third kappa shape index (κ3) is 4.73. The minimum atomic E-state index is -0.267. The Hall–Kier alpha value is -2.12. The number of thiophene rings is 1. The maximum atomic E-state index is 12.6. The second kappa shape index (κ2) is 8.71. The Balaban J connectivity index is 2.10. The van der Waals surface area contributed by atoms with Crippen LogP contribution in [0.15, 0.2) is 39.1 Å². The first kappa shape index (κ1) is 21.6. The van der Waals surface area contributed by atoms with Gasteiger partial charge in [-0.25, -0.2) is 4.99 Å². The van der Waals surface area contributed by atoms with Gasteiger partial charge in [-0.2, -0.15) is 0 Å². The number of fused-ring (bicyclic) bond motifs is 1. The number of benzene rings is 1. The van der Waals surface area contributed by atoms with Gasteiger partial charge in [0.2, 0.25) is 0 Å². The van der Waals surface area contributed by atoms with Crippen molar-refractivity contribution in [2.24, 2.45) is 4.99 Å². The fourth-order valence-electron chi connectivity index (χ4n) is 3.02. The van der Waals surface area contributed by atoms with Crippen LogP contribution in [0.4, 0.5) is 0 Å². The van der Waals surface area contributed by atoms with E-state index in [1.54, 1.807) is 30.4 Å². The lowest BCUT2D eigenvalue weighted by atomic mass is 9.96. The molecule has 0 radical (unpaired) electrons. The molecular weight excluding hydrogens is 450 g/mol. The van der Waals surface area contributed by atoms with Gasteiger partial charge in [-0.05, 0) is 72.3 Å². The molecule has 7 heteroatoms. The van der Waals surface area contributed by atoms with Gasteiger partial charge in [0.25, 0.3) is 5.91 Å². The Labute approximate surface area is 184 Å². The van der Waals surface area contributed by atoms with Crippen molar-refractivity contribution >= 4 is 50.8 Å². The fraction of sp³-hybridized carbons (Fsp3) is 0.364. The van der Waals surface area contributed by atoms with Crippen LogP contribution in [-0.2, 0) is 11.2 Å². The minimum absolute atomic E-state index is 0.126. The molecule has 0 saturated heterocycles. The van der Waals surface area contributed by atoms with Crippen LogP contribution < -0.4 is 10.1 Å². The van der Waals surface area contributed by atoms with Gasteiger partial charge in [-0.3, -0.25) is 4.79 Å².